The molecule has 0 spiro atoms. The van der Waals surface area contributed by atoms with E-state index in [-0.39, 0.29) is 17.3 Å². The number of carbonyl (C=O) groups excluding carboxylic acids is 1. The van der Waals surface area contributed by atoms with Crippen molar-refractivity contribution >= 4 is 21.6 Å². The molecule has 2 aliphatic rings. The monoisotopic (exact) mass is 399 g/mol. The van der Waals surface area contributed by atoms with Crippen molar-refractivity contribution in [2.24, 2.45) is 0 Å². The molecule has 148 valence electrons. The van der Waals surface area contributed by atoms with Gasteiger partial charge in [0.25, 0.3) is 0 Å². The number of likely N-dealkylation sites (tertiary alicyclic amines) is 1. The Hall–Kier alpha value is -2.22. The molecule has 0 aliphatic carbocycles. The molecular formula is C21H25N3O3S. The van der Waals surface area contributed by atoms with E-state index in [0.29, 0.717) is 18.5 Å². The zero-order valence-electron chi connectivity index (χ0n) is 15.8. The maximum absolute atomic E-state index is 12.8. The second kappa shape index (κ2) is 8.03. The van der Waals surface area contributed by atoms with Crippen LogP contribution in [-0.2, 0) is 34.3 Å². The number of fused-ring (bicyclic) bond motifs is 1. The van der Waals surface area contributed by atoms with Gasteiger partial charge >= 0.3 is 0 Å². The molecule has 0 unspecified atom stereocenters. The normalized spacial score (nSPS) is 17.4. The average molecular weight is 400 g/mol. The van der Waals surface area contributed by atoms with Crippen molar-refractivity contribution in [1.82, 2.24) is 9.62 Å². The number of amides is 1. The van der Waals surface area contributed by atoms with Crippen molar-refractivity contribution in [2.75, 3.05) is 18.4 Å². The first-order chi connectivity index (χ1) is 13.5. The van der Waals surface area contributed by atoms with Crippen molar-refractivity contribution in [3.63, 3.8) is 0 Å². The second-order valence-electron chi connectivity index (χ2n) is 7.44. The van der Waals surface area contributed by atoms with Gasteiger partial charge in [0.1, 0.15) is 0 Å². The maximum atomic E-state index is 12.8. The predicted octanol–water partition coefficient (Wildman–Crippen LogP) is 2.65. The van der Waals surface area contributed by atoms with Crippen LogP contribution in [0.25, 0.3) is 0 Å². The molecule has 2 heterocycles. The lowest BCUT2D eigenvalue weighted by atomic mass is 10.0. The van der Waals surface area contributed by atoms with Gasteiger partial charge in [0.2, 0.25) is 15.9 Å². The standard InChI is InChI=1S/C21H25N3O3S/c25-21-10-7-16-13-19(8-9-20(16)23-21)28(26,27)22-14-17-5-1-2-6-18(17)15-24-11-3-4-12-24/h1-2,5-6,8-9,13,22H,3-4,7,10-12,14-15H2,(H,23,25). The summed E-state index contributed by atoms with van der Waals surface area (Å²) in [6.45, 7) is 3.33. The topological polar surface area (TPSA) is 78.5 Å². The summed E-state index contributed by atoms with van der Waals surface area (Å²) in [4.78, 5) is 14.1. The van der Waals surface area contributed by atoms with Crippen molar-refractivity contribution in [3.05, 3.63) is 59.2 Å². The van der Waals surface area contributed by atoms with Crippen LogP contribution in [0.1, 0.15) is 36.0 Å². The summed E-state index contributed by atoms with van der Waals surface area (Å²) >= 11 is 0. The van der Waals surface area contributed by atoms with Crippen LogP contribution in [0.2, 0.25) is 0 Å². The number of hydrogen-bond acceptors (Lipinski definition) is 4. The summed E-state index contributed by atoms with van der Waals surface area (Å²) in [5.74, 6) is -0.0316. The molecule has 1 fully saturated rings. The van der Waals surface area contributed by atoms with Crippen molar-refractivity contribution in [3.8, 4) is 0 Å². The minimum Gasteiger partial charge on any atom is -0.326 e. The van der Waals surface area contributed by atoms with Gasteiger partial charge in [0.15, 0.2) is 0 Å². The SMILES string of the molecule is O=C1CCc2cc(S(=O)(=O)NCc3ccccc3CN3CCCC3)ccc2N1. The third kappa shape index (κ3) is 4.27. The molecule has 7 heteroatoms. The van der Waals surface area contributed by atoms with Gasteiger partial charge in [-0.3, -0.25) is 9.69 Å². The third-order valence-electron chi connectivity index (χ3n) is 5.45. The first kappa shape index (κ1) is 19.1. The molecule has 0 saturated carbocycles. The zero-order chi connectivity index (χ0) is 19.6. The Morgan fingerprint density at radius 2 is 1.75 bits per heavy atom. The van der Waals surface area contributed by atoms with Gasteiger partial charge in [-0.1, -0.05) is 24.3 Å². The van der Waals surface area contributed by atoms with E-state index in [9.17, 15) is 13.2 Å². The van der Waals surface area contributed by atoms with Crippen LogP contribution in [0.3, 0.4) is 0 Å². The van der Waals surface area contributed by atoms with Crippen molar-refractivity contribution in [1.29, 1.82) is 0 Å². The van der Waals surface area contributed by atoms with Crippen LogP contribution in [0, 0.1) is 0 Å². The van der Waals surface area contributed by atoms with Crippen molar-refractivity contribution in [2.45, 2.75) is 43.7 Å². The van der Waals surface area contributed by atoms with Crippen LogP contribution in [0.4, 0.5) is 5.69 Å². The summed E-state index contributed by atoms with van der Waals surface area (Å²) in [6, 6.07) is 12.9. The molecule has 0 radical (unpaired) electrons. The first-order valence-electron chi connectivity index (χ1n) is 9.73. The number of benzene rings is 2. The largest absolute Gasteiger partial charge is 0.326 e. The summed E-state index contributed by atoms with van der Waals surface area (Å²) in [5, 5.41) is 2.78. The van der Waals surface area contributed by atoms with E-state index in [1.807, 2.05) is 18.2 Å². The van der Waals surface area contributed by atoms with Gasteiger partial charge in [0.05, 0.1) is 4.90 Å². The summed E-state index contributed by atoms with van der Waals surface area (Å²) in [5.41, 5.74) is 3.73. The minimum absolute atomic E-state index is 0.0316. The Morgan fingerprint density at radius 3 is 2.54 bits per heavy atom. The molecule has 0 bridgehead atoms. The van der Waals surface area contributed by atoms with Crippen LogP contribution < -0.4 is 10.0 Å². The Labute approximate surface area is 166 Å². The first-order valence-corrected chi connectivity index (χ1v) is 11.2. The fraction of sp³-hybridized carbons (Fsp3) is 0.381. The average Bonchev–Trinajstić information content (AvgIpc) is 3.20. The highest BCUT2D eigenvalue weighted by Crippen LogP contribution is 2.25. The lowest BCUT2D eigenvalue weighted by Crippen LogP contribution is -2.26. The maximum Gasteiger partial charge on any atom is 0.240 e. The van der Waals surface area contributed by atoms with E-state index in [4.69, 9.17) is 0 Å². The highest BCUT2D eigenvalue weighted by molar-refractivity contribution is 7.89. The summed E-state index contributed by atoms with van der Waals surface area (Å²) < 4.78 is 28.3. The molecule has 2 aliphatic heterocycles. The lowest BCUT2D eigenvalue weighted by Gasteiger charge is -2.19. The number of sulfonamides is 1. The van der Waals surface area contributed by atoms with Gasteiger partial charge in [-0.05, 0) is 67.2 Å². The molecular weight excluding hydrogens is 374 g/mol. The zero-order valence-corrected chi connectivity index (χ0v) is 16.6. The van der Waals surface area contributed by atoms with E-state index in [0.717, 1.165) is 30.8 Å². The second-order valence-corrected chi connectivity index (χ2v) is 9.21. The van der Waals surface area contributed by atoms with Gasteiger partial charge < -0.3 is 5.32 Å². The number of anilines is 1. The number of carbonyl (C=O) groups is 1. The van der Waals surface area contributed by atoms with Gasteiger partial charge in [-0.25, -0.2) is 13.1 Å². The molecule has 4 rings (SSSR count). The van der Waals surface area contributed by atoms with E-state index >= 15 is 0 Å². The Balaban J connectivity index is 1.48. The predicted molar refractivity (Wildman–Crippen MR) is 108 cm³/mol. The molecule has 0 atom stereocenters. The highest BCUT2D eigenvalue weighted by atomic mass is 32.2. The van der Waals surface area contributed by atoms with E-state index in [1.54, 1.807) is 18.2 Å². The quantitative estimate of drug-likeness (QED) is 0.783. The molecule has 0 aromatic heterocycles. The number of nitrogens with one attached hydrogen (secondary N) is 2. The number of nitrogens with zero attached hydrogens (tertiary/aromatic N) is 1. The molecule has 2 N–H and O–H groups in total. The third-order valence-corrected chi connectivity index (χ3v) is 6.85. The van der Waals surface area contributed by atoms with Crippen LogP contribution in [-0.4, -0.2) is 32.3 Å². The van der Waals surface area contributed by atoms with Gasteiger partial charge in [0, 0.05) is 25.2 Å². The van der Waals surface area contributed by atoms with Crippen molar-refractivity contribution < 1.29 is 13.2 Å². The van der Waals surface area contributed by atoms with Gasteiger partial charge in [-0.15, -0.1) is 0 Å². The minimum atomic E-state index is -3.63. The fourth-order valence-corrected chi connectivity index (χ4v) is 4.91. The molecule has 1 amide bonds. The lowest BCUT2D eigenvalue weighted by molar-refractivity contribution is -0.116. The molecule has 2 aromatic rings. The van der Waals surface area contributed by atoms with E-state index in [2.05, 4.69) is 21.0 Å². The Morgan fingerprint density at radius 1 is 1.00 bits per heavy atom. The van der Waals surface area contributed by atoms with E-state index in [1.165, 1.54) is 18.4 Å². The molecule has 2 aromatic carbocycles. The van der Waals surface area contributed by atoms with Gasteiger partial charge in [-0.2, -0.15) is 0 Å². The molecule has 28 heavy (non-hydrogen) atoms. The number of hydrogen-bond donors (Lipinski definition) is 2. The Bertz CT molecular complexity index is 982. The molecule has 1 saturated heterocycles. The fourth-order valence-electron chi connectivity index (χ4n) is 3.85. The van der Waals surface area contributed by atoms with Crippen LogP contribution in [0.5, 0.6) is 0 Å². The van der Waals surface area contributed by atoms with E-state index < -0.39 is 10.0 Å². The smallest absolute Gasteiger partial charge is 0.240 e. The number of aryl methyl sites for hydroxylation is 1. The number of rotatable bonds is 6. The molecule has 6 nitrogen and oxygen atoms in total. The highest BCUT2D eigenvalue weighted by Gasteiger charge is 2.20. The Kier molecular flexibility index (Phi) is 5.48. The summed E-state index contributed by atoms with van der Waals surface area (Å²) in [7, 11) is -3.63. The van der Waals surface area contributed by atoms with Crippen LogP contribution >= 0.6 is 0 Å². The van der Waals surface area contributed by atoms with Crippen LogP contribution in [0.15, 0.2) is 47.4 Å². The summed E-state index contributed by atoms with van der Waals surface area (Å²) in [6.07, 6.45) is 3.40.